The highest BCUT2D eigenvalue weighted by Crippen LogP contribution is 2.28. The van der Waals surface area contributed by atoms with E-state index < -0.39 is 0 Å². The highest BCUT2D eigenvalue weighted by Gasteiger charge is 2.10. The van der Waals surface area contributed by atoms with Crippen molar-refractivity contribution in [3.63, 3.8) is 0 Å². The Bertz CT molecular complexity index is 477. The average Bonchev–Trinajstić information content (AvgIpc) is 3.12. The van der Waals surface area contributed by atoms with Gasteiger partial charge in [0.25, 0.3) is 0 Å². The Morgan fingerprint density at radius 2 is 1.90 bits per heavy atom. The summed E-state index contributed by atoms with van der Waals surface area (Å²) in [5, 5.41) is 5.33. The van der Waals surface area contributed by atoms with E-state index in [1.54, 1.807) is 36.9 Å². The third kappa shape index (κ3) is 4.64. The minimum Gasteiger partial charge on any atom is -0.383 e. The largest absolute Gasteiger partial charge is 0.383 e. The summed E-state index contributed by atoms with van der Waals surface area (Å²) in [5.74, 6) is 0. The molecule has 0 radical (unpaired) electrons. The van der Waals surface area contributed by atoms with Crippen molar-refractivity contribution in [3.05, 3.63) is 28.6 Å². The van der Waals surface area contributed by atoms with Crippen LogP contribution in [-0.4, -0.2) is 50.4 Å². The van der Waals surface area contributed by atoms with Crippen molar-refractivity contribution in [2.45, 2.75) is 6.54 Å². The maximum absolute atomic E-state index is 5.16. The van der Waals surface area contributed by atoms with Gasteiger partial charge in [0.05, 0.1) is 23.8 Å². The quantitative estimate of drug-likeness (QED) is 0.713. The zero-order valence-corrected chi connectivity index (χ0v) is 13.5. The lowest BCUT2D eigenvalue weighted by Crippen LogP contribution is -2.30. The zero-order chi connectivity index (χ0) is 14.2. The molecule has 0 aliphatic carbocycles. The molecule has 2 rings (SSSR count). The van der Waals surface area contributed by atoms with E-state index in [4.69, 9.17) is 14.5 Å². The summed E-state index contributed by atoms with van der Waals surface area (Å²) in [6, 6.07) is 4.17. The van der Waals surface area contributed by atoms with Crippen molar-refractivity contribution in [1.82, 2.24) is 9.88 Å². The first-order valence-electron chi connectivity index (χ1n) is 6.52. The SMILES string of the molecule is COCCN(CCOC)Cc1csc(-c2cccs2)n1. The van der Waals surface area contributed by atoms with Crippen LogP contribution in [0.1, 0.15) is 5.69 Å². The van der Waals surface area contributed by atoms with Crippen molar-refractivity contribution in [2.24, 2.45) is 0 Å². The number of hydrogen-bond donors (Lipinski definition) is 0. The Labute approximate surface area is 128 Å². The van der Waals surface area contributed by atoms with E-state index in [0.29, 0.717) is 0 Å². The normalized spacial score (nSPS) is 11.3. The van der Waals surface area contributed by atoms with E-state index in [1.165, 1.54) is 4.88 Å². The second-order valence-electron chi connectivity index (χ2n) is 4.38. The Morgan fingerprint density at radius 1 is 1.15 bits per heavy atom. The molecule has 0 aliphatic heterocycles. The van der Waals surface area contributed by atoms with E-state index in [0.717, 1.165) is 43.5 Å². The van der Waals surface area contributed by atoms with Crippen LogP contribution in [0.15, 0.2) is 22.9 Å². The van der Waals surface area contributed by atoms with Crippen molar-refractivity contribution in [1.29, 1.82) is 0 Å². The highest BCUT2D eigenvalue weighted by molar-refractivity contribution is 7.20. The van der Waals surface area contributed by atoms with Crippen LogP contribution in [0.5, 0.6) is 0 Å². The molecule has 0 aromatic carbocycles. The molecule has 0 saturated heterocycles. The molecule has 0 fully saturated rings. The van der Waals surface area contributed by atoms with Gasteiger partial charge in [0.2, 0.25) is 0 Å². The van der Waals surface area contributed by atoms with Gasteiger partial charge in [-0.1, -0.05) is 6.07 Å². The summed E-state index contributed by atoms with van der Waals surface area (Å²) in [4.78, 5) is 8.26. The molecule has 4 nitrogen and oxygen atoms in total. The fourth-order valence-corrected chi connectivity index (χ4v) is 3.46. The Hall–Kier alpha value is -0.790. The third-order valence-electron chi connectivity index (χ3n) is 2.89. The summed E-state index contributed by atoms with van der Waals surface area (Å²) in [5.41, 5.74) is 1.12. The molecule has 0 amide bonds. The van der Waals surface area contributed by atoms with Gasteiger partial charge in [0.1, 0.15) is 5.01 Å². The highest BCUT2D eigenvalue weighted by atomic mass is 32.1. The Kier molecular flexibility index (Phi) is 6.62. The number of ether oxygens (including phenoxy) is 2. The summed E-state index contributed by atoms with van der Waals surface area (Å²) >= 11 is 3.44. The fourth-order valence-electron chi connectivity index (χ4n) is 1.83. The van der Waals surface area contributed by atoms with Gasteiger partial charge in [-0.2, -0.15) is 0 Å². The molecule has 6 heteroatoms. The smallest absolute Gasteiger partial charge is 0.133 e. The molecule has 0 atom stereocenters. The minimum absolute atomic E-state index is 0.728. The number of nitrogens with zero attached hydrogens (tertiary/aromatic N) is 2. The van der Waals surface area contributed by atoms with Crippen LogP contribution < -0.4 is 0 Å². The predicted octanol–water partition coefficient (Wildman–Crippen LogP) is 2.97. The predicted molar refractivity (Wildman–Crippen MR) is 84.5 cm³/mol. The molecule has 0 unspecified atom stereocenters. The summed E-state index contributed by atoms with van der Waals surface area (Å²) in [6.07, 6.45) is 0. The molecule has 110 valence electrons. The van der Waals surface area contributed by atoms with E-state index >= 15 is 0 Å². The van der Waals surface area contributed by atoms with Gasteiger partial charge >= 0.3 is 0 Å². The zero-order valence-electron chi connectivity index (χ0n) is 11.9. The van der Waals surface area contributed by atoms with Crippen LogP contribution >= 0.6 is 22.7 Å². The Balaban J connectivity index is 1.95. The monoisotopic (exact) mass is 312 g/mol. The second-order valence-corrected chi connectivity index (χ2v) is 6.19. The van der Waals surface area contributed by atoms with Crippen LogP contribution in [0.4, 0.5) is 0 Å². The summed E-state index contributed by atoms with van der Waals surface area (Å²) < 4.78 is 10.3. The molecule has 0 spiro atoms. The lowest BCUT2D eigenvalue weighted by molar-refractivity contribution is 0.109. The van der Waals surface area contributed by atoms with Gasteiger partial charge in [-0.3, -0.25) is 4.90 Å². The van der Waals surface area contributed by atoms with Crippen molar-refractivity contribution in [2.75, 3.05) is 40.5 Å². The molecule has 0 bridgehead atoms. The van der Waals surface area contributed by atoms with Crippen LogP contribution in [0, 0.1) is 0 Å². The van der Waals surface area contributed by atoms with Crippen molar-refractivity contribution >= 4 is 22.7 Å². The lowest BCUT2D eigenvalue weighted by atomic mass is 10.4. The maximum Gasteiger partial charge on any atom is 0.133 e. The lowest BCUT2D eigenvalue weighted by Gasteiger charge is -2.20. The standard InChI is InChI=1S/C14H20N2O2S2/c1-17-7-5-16(6-8-18-2)10-12-11-20-14(15-12)13-4-3-9-19-13/h3-4,9,11H,5-8,10H2,1-2H3. The van der Waals surface area contributed by atoms with Crippen molar-refractivity contribution < 1.29 is 9.47 Å². The molecular weight excluding hydrogens is 292 g/mol. The number of thiazole rings is 1. The van der Waals surface area contributed by atoms with Gasteiger partial charge < -0.3 is 9.47 Å². The maximum atomic E-state index is 5.16. The average molecular weight is 312 g/mol. The molecule has 0 saturated carbocycles. The van der Waals surface area contributed by atoms with Gasteiger partial charge in [-0.05, 0) is 11.4 Å². The number of aromatic nitrogens is 1. The topological polar surface area (TPSA) is 34.6 Å². The van der Waals surface area contributed by atoms with Gasteiger partial charge in [-0.25, -0.2) is 4.98 Å². The van der Waals surface area contributed by atoms with Crippen LogP contribution in [-0.2, 0) is 16.0 Å². The molecular formula is C14H20N2O2S2. The number of hydrogen-bond acceptors (Lipinski definition) is 6. The molecule has 2 heterocycles. The minimum atomic E-state index is 0.728. The van der Waals surface area contributed by atoms with Crippen LogP contribution in [0.25, 0.3) is 9.88 Å². The second kappa shape index (κ2) is 8.49. The molecule has 0 aliphatic rings. The first kappa shape index (κ1) is 15.6. The number of rotatable bonds is 9. The number of methoxy groups -OCH3 is 2. The summed E-state index contributed by atoms with van der Waals surface area (Å²) in [6.45, 7) is 4.09. The molecule has 2 aromatic rings. The van der Waals surface area contributed by atoms with E-state index in [2.05, 4.69) is 27.8 Å². The molecule has 20 heavy (non-hydrogen) atoms. The Morgan fingerprint density at radius 3 is 2.50 bits per heavy atom. The van der Waals surface area contributed by atoms with E-state index in [9.17, 15) is 0 Å². The van der Waals surface area contributed by atoms with Gasteiger partial charge in [0.15, 0.2) is 0 Å². The fraction of sp³-hybridized carbons (Fsp3) is 0.500. The van der Waals surface area contributed by atoms with Gasteiger partial charge in [-0.15, -0.1) is 22.7 Å². The van der Waals surface area contributed by atoms with Crippen molar-refractivity contribution in [3.8, 4) is 9.88 Å². The van der Waals surface area contributed by atoms with E-state index in [-0.39, 0.29) is 0 Å². The van der Waals surface area contributed by atoms with Gasteiger partial charge in [0, 0.05) is 39.2 Å². The van der Waals surface area contributed by atoms with E-state index in [1.807, 2.05) is 0 Å². The first-order valence-corrected chi connectivity index (χ1v) is 8.28. The van der Waals surface area contributed by atoms with Crippen LogP contribution in [0.2, 0.25) is 0 Å². The summed E-state index contributed by atoms with van der Waals surface area (Å²) in [7, 11) is 3.46. The molecule has 0 N–H and O–H groups in total. The molecule has 2 aromatic heterocycles. The first-order chi connectivity index (χ1) is 9.83. The number of thiophene rings is 1. The van der Waals surface area contributed by atoms with Crippen LogP contribution in [0.3, 0.4) is 0 Å². The third-order valence-corrected chi connectivity index (χ3v) is 4.82.